The third-order valence-corrected chi connectivity index (χ3v) is 4.18. The Morgan fingerprint density at radius 2 is 2.20 bits per heavy atom. The van der Waals surface area contributed by atoms with E-state index in [9.17, 15) is 0 Å². The second kappa shape index (κ2) is 6.67. The van der Waals surface area contributed by atoms with E-state index < -0.39 is 0 Å². The molecule has 0 bridgehead atoms. The Hall–Kier alpha value is -1.66. The SMILES string of the molecule is c1csc(CCNc2cc(N3CCOCC3)ncn2)c1. The molecule has 1 saturated heterocycles. The molecule has 2 aromatic rings. The summed E-state index contributed by atoms with van der Waals surface area (Å²) in [5.41, 5.74) is 0. The smallest absolute Gasteiger partial charge is 0.134 e. The number of ether oxygens (including phenoxy) is 1. The van der Waals surface area contributed by atoms with Gasteiger partial charge in [-0.25, -0.2) is 9.97 Å². The van der Waals surface area contributed by atoms with E-state index >= 15 is 0 Å². The van der Waals surface area contributed by atoms with Gasteiger partial charge in [-0.2, -0.15) is 0 Å². The molecule has 0 atom stereocenters. The molecule has 1 fully saturated rings. The van der Waals surface area contributed by atoms with Gasteiger partial charge in [0.25, 0.3) is 0 Å². The zero-order valence-electron chi connectivity index (χ0n) is 11.3. The number of aromatic nitrogens is 2. The maximum absolute atomic E-state index is 5.36. The van der Waals surface area contributed by atoms with Crippen molar-refractivity contribution in [1.82, 2.24) is 9.97 Å². The highest BCUT2D eigenvalue weighted by atomic mass is 32.1. The van der Waals surface area contributed by atoms with Crippen molar-refractivity contribution in [3.05, 3.63) is 34.8 Å². The lowest BCUT2D eigenvalue weighted by Crippen LogP contribution is -2.36. The molecule has 6 heteroatoms. The van der Waals surface area contributed by atoms with Crippen LogP contribution in [0, 0.1) is 0 Å². The Morgan fingerprint density at radius 3 is 3.00 bits per heavy atom. The second-order valence-corrected chi connectivity index (χ2v) is 5.65. The maximum atomic E-state index is 5.36. The van der Waals surface area contributed by atoms with Crippen molar-refractivity contribution in [2.24, 2.45) is 0 Å². The van der Waals surface area contributed by atoms with Gasteiger partial charge in [0.2, 0.25) is 0 Å². The lowest BCUT2D eigenvalue weighted by molar-refractivity contribution is 0.122. The number of morpholine rings is 1. The summed E-state index contributed by atoms with van der Waals surface area (Å²) in [4.78, 5) is 12.2. The minimum absolute atomic E-state index is 0.769. The predicted molar refractivity (Wildman–Crippen MR) is 81.6 cm³/mol. The van der Waals surface area contributed by atoms with E-state index in [0.29, 0.717) is 0 Å². The summed E-state index contributed by atoms with van der Waals surface area (Å²) in [5.74, 6) is 1.86. The lowest BCUT2D eigenvalue weighted by Gasteiger charge is -2.27. The summed E-state index contributed by atoms with van der Waals surface area (Å²) in [6, 6.07) is 6.26. The standard InChI is InChI=1S/C14H18N4OS/c1-2-12(20-9-1)3-4-15-13-10-14(17-11-16-13)18-5-7-19-8-6-18/h1-2,9-11H,3-8H2,(H,15,16,17). The molecule has 3 rings (SSSR count). The predicted octanol–water partition coefficient (Wildman–Crippen LogP) is 2.03. The summed E-state index contributed by atoms with van der Waals surface area (Å²) in [6.45, 7) is 4.22. The molecule has 0 aliphatic carbocycles. The van der Waals surface area contributed by atoms with Crippen molar-refractivity contribution < 1.29 is 4.74 Å². The van der Waals surface area contributed by atoms with E-state index in [1.807, 2.05) is 6.07 Å². The van der Waals surface area contributed by atoms with Crippen LogP contribution in [-0.2, 0) is 11.2 Å². The summed E-state index contributed by atoms with van der Waals surface area (Å²) < 4.78 is 5.36. The number of nitrogens with one attached hydrogen (secondary N) is 1. The Kier molecular flexibility index (Phi) is 4.45. The summed E-state index contributed by atoms with van der Waals surface area (Å²) in [6.07, 6.45) is 2.65. The minimum atomic E-state index is 0.769. The summed E-state index contributed by atoms with van der Waals surface area (Å²) in [5, 5.41) is 5.47. The number of hydrogen-bond acceptors (Lipinski definition) is 6. The molecule has 106 valence electrons. The average molecular weight is 290 g/mol. The zero-order valence-corrected chi connectivity index (χ0v) is 12.1. The summed E-state index contributed by atoms with van der Waals surface area (Å²) >= 11 is 1.79. The van der Waals surface area contributed by atoms with E-state index in [1.165, 1.54) is 4.88 Å². The van der Waals surface area contributed by atoms with Crippen molar-refractivity contribution >= 4 is 23.0 Å². The highest BCUT2D eigenvalue weighted by Crippen LogP contribution is 2.16. The van der Waals surface area contributed by atoms with E-state index in [0.717, 1.165) is 50.9 Å². The molecule has 3 heterocycles. The molecule has 2 aromatic heterocycles. The van der Waals surface area contributed by atoms with Crippen molar-refractivity contribution in [3.63, 3.8) is 0 Å². The van der Waals surface area contributed by atoms with Crippen LogP contribution in [0.2, 0.25) is 0 Å². The quantitative estimate of drug-likeness (QED) is 0.913. The number of nitrogens with zero attached hydrogens (tertiary/aromatic N) is 3. The molecule has 1 aliphatic heterocycles. The van der Waals surface area contributed by atoms with Crippen LogP contribution in [0.3, 0.4) is 0 Å². The van der Waals surface area contributed by atoms with Crippen LogP contribution in [0.4, 0.5) is 11.6 Å². The van der Waals surface area contributed by atoms with Gasteiger partial charge in [-0.05, 0) is 17.9 Å². The molecule has 1 aliphatic rings. The first kappa shape index (κ1) is 13.3. The van der Waals surface area contributed by atoms with Gasteiger partial charge in [0.05, 0.1) is 13.2 Å². The molecule has 0 amide bonds. The van der Waals surface area contributed by atoms with Gasteiger partial charge in [0.15, 0.2) is 0 Å². The first-order valence-corrected chi connectivity index (χ1v) is 7.71. The molecule has 0 radical (unpaired) electrons. The van der Waals surface area contributed by atoms with E-state index in [-0.39, 0.29) is 0 Å². The molecular weight excluding hydrogens is 272 g/mol. The molecule has 0 aromatic carbocycles. The maximum Gasteiger partial charge on any atom is 0.134 e. The van der Waals surface area contributed by atoms with Crippen molar-refractivity contribution in [1.29, 1.82) is 0 Å². The zero-order chi connectivity index (χ0) is 13.6. The normalized spacial score (nSPS) is 15.3. The van der Waals surface area contributed by atoms with Gasteiger partial charge in [0.1, 0.15) is 18.0 Å². The molecule has 0 saturated carbocycles. The van der Waals surface area contributed by atoms with Crippen LogP contribution in [0.1, 0.15) is 4.88 Å². The van der Waals surface area contributed by atoms with E-state index in [4.69, 9.17) is 4.74 Å². The first-order chi connectivity index (χ1) is 9.92. The largest absolute Gasteiger partial charge is 0.378 e. The van der Waals surface area contributed by atoms with Crippen molar-refractivity contribution in [3.8, 4) is 0 Å². The van der Waals surface area contributed by atoms with Gasteiger partial charge in [-0.15, -0.1) is 11.3 Å². The molecule has 20 heavy (non-hydrogen) atoms. The van der Waals surface area contributed by atoms with Crippen molar-refractivity contribution in [2.75, 3.05) is 43.1 Å². The topological polar surface area (TPSA) is 50.3 Å². The molecule has 1 N–H and O–H groups in total. The fraction of sp³-hybridized carbons (Fsp3) is 0.429. The third kappa shape index (κ3) is 3.46. The number of anilines is 2. The lowest BCUT2D eigenvalue weighted by atomic mass is 10.3. The Bertz CT molecular complexity index is 526. The Morgan fingerprint density at radius 1 is 1.30 bits per heavy atom. The van der Waals surface area contributed by atoms with Crippen LogP contribution < -0.4 is 10.2 Å². The van der Waals surface area contributed by atoms with Gasteiger partial charge in [-0.3, -0.25) is 0 Å². The van der Waals surface area contributed by atoms with Crippen LogP contribution in [0.25, 0.3) is 0 Å². The Balaban J connectivity index is 1.56. The van der Waals surface area contributed by atoms with Crippen LogP contribution in [0.15, 0.2) is 29.9 Å². The highest BCUT2D eigenvalue weighted by molar-refractivity contribution is 7.09. The van der Waals surface area contributed by atoms with E-state index in [1.54, 1.807) is 17.7 Å². The summed E-state index contributed by atoms with van der Waals surface area (Å²) in [7, 11) is 0. The second-order valence-electron chi connectivity index (χ2n) is 4.62. The fourth-order valence-corrected chi connectivity index (χ4v) is 2.89. The van der Waals surface area contributed by atoms with Crippen LogP contribution >= 0.6 is 11.3 Å². The number of hydrogen-bond donors (Lipinski definition) is 1. The molecule has 0 unspecified atom stereocenters. The van der Waals surface area contributed by atoms with Gasteiger partial charge >= 0.3 is 0 Å². The van der Waals surface area contributed by atoms with Gasteiger partial charge in [0, 0.05) is 30.6 Å². The van der Waals surface area contributed by atoms with Gasteiger partial charge in [-0.1, -0.05) is 6.07 Å². The van der Waals surface area contributed by atoms with Gasteiger partial charge < -0.3 is 15.0 Å². The monoisotopic (exact) mass is 290 g/mol. The Labute approximate surface area is 122 Å². The minimum Gasteiger partial charge on any atom is -0.378 e. The number of rotatable bonds is 5. The molecular formula is C14H18N4OS. The third-order valence-electron chi connectivity index (χ3n) is 3.25. The van der Waals surface area contributed by atoms with Crippen LogP contribution in [-0.4, -0.2) is 42.8 Å². The molecule has 0 spiro atoms. The van der Waals surface area contributed by atoms with Crippen molar-refractivity contribution in [2.45, 2.75) is 6.42 Å². The first-order valence-electron chi connectivity index (χ1n) is 6.83. The highest BCUT2D eigenvalue weighted by Gasteiger charge is 2.12. The van der Waals surface area contributed by atoms with E-state index in [2.05, 4.69) is 37.7 Å². The fourth-order valence-electron chi connectivity index (χ4n) is 2.18. The van der Waals surface area contributed by atoms with Crippen LogP contribution in [0.5, 0.6) is 0 Å². The molecule has 5 nitrogen and oxygen atoms in total. The number of thiophene rings is 1. The average Bonchev–Trinajstić information content (AvgIpc) is 3.02.